The predicted molar refractivity (Wildman–Crippen MR) is 66.9 cm³/mol. The molecule has 1 aromatic carbocycles. The molecule has 0 fully saturated rings. The second-order valence-corrected chi connectivity index (χ2v) is 3.96. The molecule has 0 bridgehead atoms. The summed E-state index contributed by atoms with van der Waals surface area (Å²) in [5, 5.41) is 8.70. The number of carboxylic acid groups (broad SMARTS) is 1. The number of hydrogen-bond donors (Lipinski definition) is 2. The van der Waals surface area contributed by atoms with E-state index in [1.54, 1.807) is 12.1 Å². The van der Waals surface area contributed by atoms with Gasteiger partial charge in [0.05, 0.1) is 12.7 Å². The lowest BCUT2D eigenvalue weighted by molar-refractivity contribution is -0.138. The van der Waals surface area contributed by atoms with Gasteiger partial charge in [0.1, 0.15) is 11.8 Å². The molecule has 98 valence electrons. The van der Waals surface area contributed by atoms with Crippen LogP contribution in [0, 0.1) is 0 Å². The lowest BCUT2D eigenvalue weighted by Gasteiger charge is -2.11. The van der Waals surface area contributed by atoms with E-state index >= 15 is 0 Å². The van der Waals surface area contributed by atoms with E-state index in [0.717, 1.165) is 12.0 Å². The summed E-state index contributed by atoms with van der Waals surface area (Å²) in [6.45, 7) is 1.97. The van der Waals surface area contributed by atoms with Crippen molar-refractivity contribution in [1.29, 1.82) is 0 Å². The highest BCUT2D eigenvalue weighted by molar-refractivity contribution is 6.01. The Morgan fingerprint density at radius 3 is 2.61 bits per heavy atom. The third kappa shape index (κ3) is 3.30. The second-order valence-electron chi connectivity index (χ2n) is 3.96. The third-order valence-electron chi connectivity index (χ3n) is 2.70. The Labute approximate surface area is 106 Å². The quantitative estimate of drug-likeness (QED) is 0.742. The van der Waals surface area contributed by atoms with Crippen LogP contribution in [0.25, 0.3) is 0 Å². The molecule has 0 saturated carbocycles. The molecule has 0 radical (unpaired) electrons. The van der Waals surface area contributed by atoms with E-state index in [1.807, 2.05) is 13.0 Å². The summed E-state index contributed by atoms with van der Waals surface area (Å²) >= 11 is 0. The van der Waals surface area contributed by atoms with Gasteiger partial charge in [-0.1, -0.05) is 13.0 Å². The second kappa shape index (κ2) is 6.16. The zero-order valence-electron chi connectivity index (χ0n) is 10.5. The van der Waals surface area contributed by atoms with E-state index in [1.165, 1.54) is 7.11 Å². The van der Waals surface area contributed by atoms with E-state index in [2.05, 4.69) is 0 Å². The maximum absolute atomic E-state index is 12.0. The third-order valence-corrected chi connectivity index (χ3v) is 2.70. The van der Waals surface area contributed by atoms with E-state index in [-0.39, 0.29) is 12.2 Å². The summed E-state index contributed by atoms with van der Waals surface area (Å²) < 4.78 is 5.10. The highest BCUT2D eigenvalue weighted by atomic mass is 16.5. The van der Waals surface area contributed by atoms with E-state index in [4.69, 9.17) is 15.6 Å². The highest BCUT2D eigenvalue weighted by Gasteiger charge is 2.20. The summed E-state index contributed by atoms with van der Waals surface area (Å²) in [4.78, 5) is 22.6. The van der Waals surface area contributed by atoms with Gasteiger partial charge in [-0.15, -0.1) is 0 Å². The first-order valence-corrected chi connectivity index (χ1v) is 5.68. The number of hydrogen-bond acceptors (Lipinski definition) is 4. The Morgan fingerprint density at radius 1 is 1.44 bits per heavy atom. The SMILES string of the molecule is CCc1ccc(OC)c(C(=O)CC(N)C(=O)O)c1. The fourth-order valence-corrected chi connectivity index (χ4v) is 1.59. The molecule has 5 nitrogen and oxygen atoms in total. The molecule has 1 rings (SSSR count). The van der Waals surface area contributed by atoms with Crippen molar-refractivity contribution in [3.63, 3.8) is 0 Å². The van der Waals surface area contributed by atoms with Gasteiger partial charge in [-0.25, -0.2) is 0 Å². The van der Waals surface area contributed by atoms with Gasteiger partial charge in [-0.2, -0.15) is 0 Å². The van der Waals surface area contributed by atoms with Crippen LogP contribution in [0.3, 0.4) is 0 Å². The van der Waals surface area contributed by atoms with Gasteiger partial charge in [-0.3, -0.25) is 9.59 Å². The van der Waals surface area contributed by atoms with Gasteiger partial charge in [0.2, 0.25) is 0 Å². The number of aliphatic carboxylic acids is 1. The van der Waals surface area contributed by atoms with Crippen molar-refractivity contribution in [3.05, 3.63) is 29.3 Å². The van der Waals surface area contributed by atoms with Crippen molar-refractivity contribution in [2.75, 3.05) is 7.11 Å². The monoisotopic (exact) mass is 251 g/mol. The van der Waals surface area contributed by atoms with Crippen molar-refractivity contribution >= 4 is 11.8 Å². The molecular formula is C13H17NO4. The van der Waals surface area contributed by atoms with Gasteiger partial charge in [0, 0.05) is 6.42 Å². The number of ether oxygens (including phenoxy) is 1. The Hall–Kier alpha value is -1.88. The highest BCUT2D eigenvalue weighted by Crippen LogP contribution is 2.22. The Bertz CT molecular complexity index is 456. The van der Waals surface area contributed by atoms with Crippen molar-refractivity contribution in [2.24, 2.45) is 5.73 Å². The van der Waals surface area contributed by atoms with Crippen LogP contribution < -0.4 is 10.5 Å². The summed E-state index contributed by atoms with van der Waals surface area (Å²) in [5.41, 5.74) is 6.73. The Balaban J connectivity index is 2.99. The number of carbonyl (C=O) groups is 2. The molecular weight excluding hydrogens is 234 g/mol. The summed E-state index contributed by atoms with van der Waals surface area (Å²) in [5.74, 6) is -1.07. The lowest BCUT2D eigenvalue weighted by atomic mass is 10.00. The molecule has 0 aromatic heterocycles. The number of rotatable bonds is 6. The maximum atomic E-state index is 12.0. The average molecular weight is 251 g/mol. The largest absolute Gasteiger partial charge is 0.496 e. The van der Waals surface area contributed by atoms with Gasteiger partial charge < -0.3 is 15.6 Å². The molecule has 1 atom stereocenters. The van der Waals surface area contributed by atoms with E-state index < -0.39 is 12.0 Å². The predicted octanol–water partition coefficient (Wildman–Crippen LogP) is 1.24. The molecule has 1 aromatic rings. The van der Waals surface area contributed by atoms with Crippen LogP contribution in [0.15, 0.2) is 18.2 Å². The Kier molecular flexibility index (Phi) is 4.85. The smallest absolute Gasteiger partial charge is 0.320 e. The lowest BCUT2D eigenvalue weighted by Crippen LogP contribution is -2.32. The zero-order chi connectivity index (χ0) is 13.7. The molecule has 3 N–H and O–H groups in total. The van der Waals surface area contributed by atoms with E-state index in [9.17, 15) is 9.59 Å². The normalized spacial score (nSPS) is 11.9. The van der Waals surface area contributed by atoms with Crippen LogP contribution in [0.5, 0.6) is 5.75 Å². The van der Waals surface area contributed by atoms with Crippen LogP contribution in [0.1, 0.15) is 29.3 Å². The molecule has 18 heavy (non-hydrogen) atoms. The molecule has 0 saturated heterocycles. The molecule has 0 heterocycles. The van der Waals surface area contributed by atoms with Gasteiger partial charge >= 0.3 is 5.97 Å². The van der Waals surface area contributed by atoms with E-state index in [0.29, 0.717) is 11.3 Å². The van der Waals surface area contributed by atoms with Crippen molar-refractivity contribution < 1.29 is 19.4 Å². The molecule has 0 aliphatic carbocycles. The summed E-state index contributed by atoms with van der Waals surface area (Å²) in [6, 6.07) is 4.10. The molecule has 5 heteroatoms. The minimum absolute atomic E-state index is 0.237. The number of methoxy groups -OCH3 is 1. The van der Waals surface area contributed by atoms with Gasteiger partial charge in [0.15, 0.2) is 5.78 Å². The van der Waals surface area contributed by atoms with Crippen molar-refractivity contribution in [2.45, 2.75) is 25.8 Å². The molecule has 1 unspecified atom stereocenters. The first-order chi connectivity index (χ1) is 8.49. The minimum Gasteiger partial charge on any atom is -0.496 e. The number of carboxylic acids is 1. The standard InChI is InChI=1S/C13H17NO4/c1-3-8-4-5-12(18-2)9(6-8)11(15)7-10(14)13(16)17/h4-6,10H,3,7,14H2,1-2H3,(H,16,17). The van der Waals surface area contributed by atoms with Gasteiger partial charge in [-0.05, 0) is 24.1 Å². The summed E-state index contributed by atoms with van der Waals surface area (Å²) in [6.07, 6.45) is 0.550. The number of Topliss-reactive ketones (excluding diaryl/α,β-unsaturated/α-hetero) is 1. The number of aryl methyl sites for hydroxylation is 1. The van der Waals surface area contributed by atoms with Crippen molar-refractivity contribution in [1.82, 2.24) is 0 Å². The van der Waals surface area contributed by atoms with Crippen LogP contribution in [-0.2, 0) is 11.2 Å². The van der Waals surface area contributed by atoms with Crippen molar-refractivity contribution in [3.8, 4) is 5.75 Å². The van der Waals surface area contributed by atoms with Gasteiger partial charge in [0.25, 0.3) is 0 Å². The number of ketones is 1. The molecule has 0 amide bonds. The fourth-order valence-electron chi connectivity index (χ4n) is 1.59. The minimum atomic E-state index is -1.19. The molecule has 0 spiro atoms. The number of benzene rings is 1. The number of nitrogens with two attached hydrogens (primary N) is 1. The van der Waals surface area contributed by atoms with Crippen LogP contribution in [0.4, 0.5) is 0 Å². The van der Waals surface area contributed by atoms with Crippen LogP contribution >= 0.6 is 0 Å². The van der Waals surface area contributed by atoms with Crippen LogP contribution in [0.2, 0.25) is 0 Å². The topological polar surface area (TPSA) is 89.6 Å². The summed E-state index contributed by atoms with van der Waals surface area (Å²) in [7, 11) is 1.47. The Morgan fingerprint density at radius 2 is 2.11 bits per heavy atom. The average Bonchev–Trinajstić information content (AvgIpc) is 2.37. The zero-order valence-corrected chi connectivity index (χ0v) is 10.5. The first kappa shape index (κ1) is 14.2. The van der Waals surface area contributed by atoms with Crippen LogP contribution in [-0.4, -0.2) is 30.0 Å². The molecule has 0 aliphatic rings. The fraction of sp³-hybridized carbons (Fsp3) is 0.385. The molecule has 0 aliphatic heterocycles. The number of carbonyl (C=O) groups excluding carboxylic acids is 1. The first-order valence-electron chi connectivity index (χ1n) is 5.68. The maximum Gasteiger partial charge on any atom is 0.320 e.